The van der Waals surface area contributed by atoms with Crippen molar-refractivity contribution in [3.8, 4) is 5.40 Å². The number of benzene rings is 1. The van der Waals surface area contributed by atoms with Crippen LogP contribution in [0.5, 0.6) is 0 Å². The van der Waals surface area contributed by atoms with E-state index in [0.29, 0.717) is 5.02 Å². The van der Waals surface area contributed by atoms with Gasteiger partial charge in [0.05, 0.1) is 10.6 Å². The predicted octanol–water partition coefficient (Wildman–Crippen LogP) is 2.26. The maximum atomic E-state index is 12.2. The summed E-state index contributed by atoms with van der Waals surface area (Å²) < 4.78 is 29.3. The molecule has 0 heterocycles. The van der Waals surface area contributed by atoms with Crippen molar-refractivity contribution < 1.29 is 17.9 Å². The van der Waals surface area contributed by atoms with Crippen molar-refractivity contribution in [2.24, 2.45) is 0 Å². The van der Waals surface area contributed by atoms with E-state index in [-0.39, 0.29) is 16.4 Å². The van der Waals surface area contributed by atoms with Crippen LogP contribution in [0.15, 0.2) is 29.2 Å². The van der Waals surface area contributed by atoms with Crippen LogP contribution in [0.25, 0.3) is 0 Å². The Morgan fingerprint density at radius 3 is 2.55 bits per heavy atom. The number of esters is 1. The first kappa shape index (κ1) is 16.8. The molecule has 0 aromatic heterocycles. The number of nitrogens with zero attached hydrogens (tertiary/aromatic N) is 1. The SMILES string of the molecule is CC(=O)OC(CSC#N)CS(=O)(=O)c1ccc(Cl)cc1. The highest BCUT2D eigenvalue weighted by molar-refractivity contribution is 8.03. The number of carbonyl (C=O) groups is 1. The van der Waals surface area contributed by atoms with Crippen LogP contribution in [0.2, 0.25) is 5.02 Å². The van der Waals surface area contributed by atoms with Gasteiger partial charge in [0, 0.05) is 17.7 Å². The zero-order chi connectivity index (χ0) is 15.2. The number of thiocyanates is 1. The zero-order valence-corrected chi connectivity index (χ0v) is 13.0. The second-order valence-corrected chi connectivity index (χ2v) is 7.14. The minimum absolute atomic E-state index is 0.0982. The number of ether oxygens (including phenoxy) is 1. The molecule has 8 heteroatoms. The van der Waals surface area contributed by atoms with Crippen LogP contribution in [0, 0.1) is 10.7 Å². The van der Waals surface area contributed by atoms with E-state index in [1.54, 1.807) is 0 Å². The van der Waals surface area contributed by atoms with Crippen molar-refractivity contribution in [3.63, 3.8) is 0 Å². The van der Waals surface area contributed by atoms with E-state index in [0.717, 1.165) is 11.8 Å². The third-order valence-electron chi connectivity index (χ3n) is 2.24. The number of hydrogen-bond donors (Lipinski definition) is 0. The summed E-state index contributed by atoms with van der Waals surface area (Å²) in [7, 11) is -3.61. The average Bonchev–Trinajstić information content (AvgIpc) is 2.35. The summed E-state index contributed by atoms with van der Waals surface area (Å²) in [5.74, 6) is -0.856. The number of sulfone groups is 1. The van der Waals surface area contributed by atoms with Gasteiger partial charge in [0.25, 0.3) is 0 Å². The van der Waals surface area contributed by atoms with Crippen molar-refractivity contribution in [1.82, 2.24) is 0 Å². The van der Waals surface area contributed by atoms with Crippen LogP contribution in [0.4, 0.5) is 0 Å². The monoisotopic (exact) mass is 333 g/mol. The molecule has 0 radical (unpaired) electrons. The highest BCUT2D eigenvalue weighted by Crippen LogP contribution is 2.18. The van der Waals surface area contributed by atoms with Crippen molar-refractivity contribution >= 4 is 39.2 Å². The Morgan fingerprint density at radius 1 is 1.45 bits per heavy atom. The Morgan fingerprint density at radius 2 is 2.05 bits per heavy atom. The van der Waals surface area contributed by atoms with Crippen LogP contribution < -0.4 is 0 Å². The highest BCUT2D eigenvalue weighted by Gasteiger charge is 2.23. The second kappa shape index (κ2) is 7.53. The lowest BCUT2D eigenvalue weighted by molar-refractivity contribution is -0.144. The number of halogens is 1. The van der Waals surface area contributed by atoms with E-state index in [4.69, 9.17) is 21.6 Å². The fourth-order valence-electron chi connectivity index (χ4n) is 1.46. The molecule has 1 rings (SSSR count). The molecule has 0 fully saturated rings. The molecule has 0 bridgehead atoms. The summed E-state index contributed by atoms with van der Waals surface area (Å²) in [6.45, 7) is 1.19. The predicted molar refractivity (Wildman–Crippen MR) is 77.1 cm³/mol. The molecule has 5 nitrogen and oxygen atoms in total. The molecule has 0 spiro atoms. The number of hydrogen-bond acceptors (Lipinski definition) is 6. The third kappa shape index (κ3) is 5.41. The van der Waals surface area contributed by atoms with Gasteiger partial charge in [-0.25, -0.2) is 8.42 Å². The van der Waals surface area contributed by atoms with Crippen LogP contribution in [-0.4, -0.2) is 32.0 Å². The first-order chi connectivity index (χ1) is 9.35. The van der Waals surface area contributed by atoms with Crippen LogP contribution >= 0.6 is 23.4 Å². The summed E-state index contributed by atoms with van der Waals surface area (Å²) in [5.41, 5.74) is 0. The summed E-state index contributed by atoms with van der Waals surface area (Å²) in [5, 5.41) is 10.8. The molecule has 0 amide bonds. The van der Waals surface area contributed by atoms with E-state index in [1.807, 2.05) is 5.40 Å². The highest BCUT2D eigenvalue weighted by atomic mass is 35.5. The molecular formula is C12H12ClNO4S2. The summed E-state index contributed by atoms with van der Waals surface area (Å²) >= 11 is 6.54. The van der Waals surface area contributed by atoms with E-state index in [2.05, 4.69) is 0 Å². The van der Waals surface area contributed by atoms with Crippen molar-refractivity contribution in [2.75, 3.05) is 11.5 Å². The van der Waals surface area contributed by atoms with Gasteiger partial charge in [-0.1, -0.05) is 11.6 Å². The molecule has 0 saturated heterocycles. The minimum atomic E-state index is -3.61. The Hall–Kier alpha value is -1.23. The van der Waals surface area contributed by atoms with E-state index >= 15 is 0 Å². The number of carbonyl (C=O) groups excluding carboxylic acids is 1. The van der Waals surface area contributed by atoms with Crippen molar-refractivity contribution in [2.45, 2.75) is 17.9 Å². The Labute approximate surface area is 126 Å². The number of rotatable bonds is 6. The van der Waals surface area contributed by atoms with Gasteiger partial charge in [0.1, 0.15) is 11.5 Å². The van der Waals surface area contributed by atoms with Gasteiger partial charge in [-0.15, -0.1) is 0 Å². The van der Waals surface area contributed by atoms with Crippen molar-refractivity contribution in [1.29, 1.82) is 5.26 Å². The Balaban J connectivity index is 2.87. The molecular weight excluding hydrogens is 322 g/mol. The quantitative estimate of drug-likeness (QED) is 0.586. The third-order valence-corrected chi connectivity index (χ3v) is 4.97. The molecule has 0 saturated carbocycles. The van der Waals surface area contributed by atoms with Crippen LogP contribution in [-0.2, 0) is 19.4 Å². The van der Waals surface area contributed by atoms with Gasteiger partial charge in [0.15, 0.2) is 9.84 Å². The molecule has 0 aliphatic carbocycles. The maximum absolute atomic E-state index is 12.2. The molecule has 0 N–H and O–H groups in total. The minimum Gasteiger partial charge on any atom is -0.461 e. The lowest BCUT2D eigenvalue weighted by atomic mass is 10.4. The van der Waals surface area contributed by atoms with Crippen LogP contribution in [0.3, 0.4) is 0 Å². The molecule has 1 aromatic rings. The van der Waals surface area contributed by atoms with Crippen molar-refractivity contribution in [3.05, 3.63) is 29.3 Å². The van der Waals surface area contributed by atoms with Gasteiger partial charge in [-0.2, -0.15) is 5.26 Å². The van der Waals surface area contributed by atoms with Gasteiger partial charge in [0.2, 0.25) is 0 Å². The molecule has 1 unspecified atom stereocenters. The first-order valence-corrected chi connectivity index (χ1v) is 8.53. The first-order valence-electron chi connectivity index (χ1n) is 5.51. The Kier molecular flexibility index (Phi) is 6.33. The van der Waals surface area contributed by atoms with Gasteiger partial charge in [-0.05, 0) is 36.0 Å². The zero-order valence-electron chi connectivity index (χ0n) is 10.6. The fourth-order valence-corrected chi connectivity index (χ4v) is 3.60. The van der Waals surface area contributed by atoms with E-state index < -0.39 is 21.9 Å². The average molecular weight is 334 g/mol. The van der Waals surface area contributed by atoms with Crippen LogP contribution in [0.1, 0.15) is 6.92 Å². The summed E-state index contributed by atoms with van der Waals surface area (Å²) in [6.07, 6.45) is -0.863. The molecule has 108 valence electrons. The summed E-state index contributed by atoms with van der Waals surface area (Å²) in [4.78, 5) is 11.1. The molecule has 0 aliphatic rings. The van der Waals surface area contributed by atoms with E-state index in [1.165, 1.54) is 31.2 Å². The fraction of sp³-hybridized carbons (Fsp3) is 0.333. The smallest absolute Gasteiger partial charge is 0.302 e. The molecule has 1 aromatic carbocycles. The topological polar surface area (TPSA) is 84.2 Å². The second-order valence-electron chi connectivity index (χ2n) is 3.87. The Bertz CT molecular complexity index is 607. The molecule has 20 heavy (non-hydrogen) atoms. The van der Waals surface area contributed by atoms with E-state index in [9.17, 15) is 13.2 Å². The lowest BCUT2D eigenvalue weighted by Gasteiger charge is -2.15. The normalized spacial score (nSPS) is 12.4. The maximum Gasteiger partial charge on any atom is 0.302 e. The van der Waals surface area contributed by atoms with Gasteiger partial charge in [-0.3, -0.25) is 4.79 Å². The largest absolute Gasteiger partial charge is 0.461 e. The number of thioether (sulfide) groups is 1. The van der Waals surface area contributed by atoms with Gasteiger partial charge >= 0.3 is 5.97 Å². The number of nitriles is 1. The summed E-state index contributed by atoms with van der Waals surface area (Å²) in [6, 6.07) is 5.72. The molecule has 1 atom stereocenters. The molecule has 0 aliphatic heterocycles. The lowest BCUT2D eigenvalue weighted by Crippen LogP contribution is -2.28. The standard InChI is InChI=1S/C12H12ClNO4S2/c1-9(15)18-11(6-19-8-14)7-20(16,17)12-4-2-10(13)3-5-12/h2-5,11H,6-7H2,1H3. The van der Waals surface area contributed by atoms with Gasteiger partial charge < -0.3 is 4.74 Å².